The fraction of sp³-hybridized carbons (Fsp3) is 0.333. The smallest absolute Gasteiger partial charge is 0.121 e. The third-order valence-corrected chi connectivity index (χ3v) is 4.79. The number of hydrogen-bond donors (Lipinski definition) is 0. The van der Waals surface area contributed by atoms with Gasteiger partial charge in [0.1, 0.15) is 12.4 Å². The molecule has 0 saturated carbocycles. The van der Waals surface area contributed by atoms with E-state index in [0.29, 0.717) is 12.5 Å². The Morgan fingerprint density at radius 1 is 1.00 bits per heavy atom. The van der Waals surface area contributed by atoms with Crippen molar-refractivity contribution < 1.29 is 9.47 Å². The Morgan fingerprint density at radius 3 is 2.67 bits per heavy atom. The Morgan fingerprint density at radius 2 is 1.83 bits per heavy atom. The maximum Gasteiger partial charge on any atom is 0.121 e. The van der Waals surface area contributed by atoms with Crippen LogP contribution in [0.4, 0.5) is 0 Å². The van der Waals surface area contributed by atoms with Crippen LogP contribution in [0.5, 0.6) is 5.75 Å². The molecule has 2 heterocycles. The summed E-state index contributed by atoms with van der Waals surface area (Å²) < 4.78 is 13.8. The summed E-state index contributed by atoms with van der Waals surface area (Å²) in [5, 5.41) is 1.27. The van der Waals surface area contributed by atoms with Crippen LogP contribution >= 0.6 is 0 Å². The molecule has 0 radical (unpaired) electrons. The Labute approximate surface area is 142 Å². The molecule has 0 aliphatic carbocycles. The van der Waals surface area contributed by atoms with Gasteiger partial charge in [-0.25, -0.2) is 0 Å². The lowest BCUT2D eigenvalue weighted by Crippen LogP contribution is -2.20. The van der Waals surface area contributed by atoms with Crippen LogP contribution in [0, 0.1) is 5.92 Å². The summed E-state index contributed by atoms with van der Waals surface area (Å²) >= 11 is 0. The molecule has 124 valence electrons. The molecule has 24 heavy (non-hydrogen) atoms. The van der Waals surface area contributed by atoms with Crippen molar-refractivity contribution in [3.8, 4) is 5.75 Å². The molecule has 0 N–H and O–H groups in total. The Hall–Kier alpha value is -2.26. The van der Waals surface area contributed by atoms with Gasteiger partial charge in [-0.15, -0.1) is 0 Å². The zero-order valence-corrected chi connectivity index (χ0v) is 13.9. The molecule has 1 aliphatic rings. The SMILES string of the molecule is c1ccc(COc2ccc3ccn(CC4CCOCC4)c3c2)cc1. The molecule has 3 nitrogen and oxygen atoms in total. The van der Waals surface area contributed by atoms with E-state index in [4.69, 9.17) is 9.47 Å². The van der Waals surface area contributed by atoms with Crippen molar-refractivity contribution in [3.63, 3.8) is 0 Å². The molecule has 1 aliphatic heterocycles. The fourth-order valence-corrected chi connectivity index (χ4v) is 3.36. The number of hydrogen-bond acceptors (Lipinski definition) is 2. The molecule has 4 rings (SSSR count). The van der Waals surface area contributed by atoms with Gasteiger partial charge in [0.15, 0.2) is 0 Å². The minimum absolute atomic E-state index is 0.604. The lowest BCUT2D eigenvalue weighted by molar-refractivity contribution is 0.0616. The maximum atomic E-state index is 5.98. The fourth-order valence-electron chi connectivity index (χ4n) is 3.36. The zero-order valence-electron chi connectivity index (χ0n) is 13.9. The average Bonchev–Trinajstić information content (AvgIpc) is 3.04. The number of rotatable bonds is 5. The highest BCUT2D eigenvalue weighted by atomic mass is 16.5. The predicted octanol–water partition coefficient (Wildman–Crippen LogP) is 4.65. The second kappa shape index (κ2) is 7.10. The summed E-state index contributed by atoms with van der Waals surface area (Å²) in [6.07, 6.45) is 4.51. The third kappa shape index (κ3) is 3.46. The molecule has 0 bridgehead atoms. The number of ether oxygens (including phenoxy) is 2. The first-order valence-electron chi connectivity index (χ1n) is 8.72. The van der Waals surface area contributed by atoms with Gasteiger partial charge in [0.25, 0.3) is 0 Å². The second-order valence-corrected chi connectivity index (χ2v) is 6.52. The van der Waals surface area contributed by atoms with Crippen LogP contribution in [-0.4, -0.2) is 17.8 Å². The van der Waals surface area contributed by atoms with E-state index in [1.54, 1.807) is 0 Å². The van der Waals surface area contributed by atoms with Crippen molar-refractivity contribution in [1.29, 1.82) is 0 Å². The first-order chi connectivity index (χ1) is 11.9. The van der Waals surface area contributed by atoms with E-state index in [0.717, 1.165) is 38.3 Å². The molecule has 0 unspecified atom stereocenters. The number of fused-ring (bicyclic) bond motifs is 1. The van der Waals surface area contributed by atoms with Gasteiger partial charge in [-0.2, -0.15) is 0 Å². The van der Waals surface area contributed by atoms with Gasteiger partial charge in [-0.1, -0.05) is 30.3 Å². The van der Waals surface area contributed by atoms with Crippen LogP contribution in [0.2, 0.25) is 0 Å². The van der Waals surface area contributed by atoms with Crippen molar-refractivity contribution >= 4 is 10.9 Å². The number of aromatic nitrogens is 1. The van der Waals surface area contributed by atoms with Crippen molar-refractivity contribution in [1.82, 2.24) is 4.57 Å². The van der Waals surface area contributed by atoms with Crippen molar-refractivity contribution in [2.24, 2.45) is 5.92 Å². The molecule has 1 aromatic heterocycles. The van der Waals surface area contributed by atoms with E-state index < -0.39 is 0 Å². The summed E-state index contributed by atoms with van der Waals surface area (Å²) in [6, 6.07) is 18.9. The number of nitrogens with zero attached hydrogens (tertiary/aromatic N) is 1. The van der Waals surface area contributed by atoms with E-state index >= 15 is 0 Å². The minimum Gasteiger partial charge on any atom is -0.489 e. The van der Waals surface area contributed by atoms with E-state index in [1.807, 2.05) is 18.2 Å². The highest BCUT2D eigenvalue weighted by Gasteiger charge is 2.15. The maximum absolute atomic E-state index is 5.98. The summed E-state index contributed by atoms with van der Waals surface area (Å²) in [6.45, 7) is 3.46. The van der Waals surface area contributed by atoms with Gasteiger partial charge in [-0.05, 0) is 47.9 Å². The molecular formula is C21H23NO2. The van der Waals surface area contributed by atoms with Gasteiger partial charge in [0.2, 0.25) is 0 Å². The molecule has 3 aromatic rings. The lowest BCUT2D eigenvalue weighted by Gasteiger charge is -2.22. The van der Waals surface area contributed by atoms with Crippen molar-refractivity contribution in [3.05, 3.63) is 66.4 Å². The Balaban J connectivity index is 1.50. The van der Waals surface area contributed by atoms with E-state index in [2.05, 4.69) is 47.2 Å². The summed E-state index contributed by atoms with van der Waals surface area (Å²) in [4.78, 5) is 0. The molecular weight excluding hydrogens is 298 g/mol. The normalized spacial score (nSPS) is 15.7. The summed E-state index contributed by atoms with van der Waals surface area (Å²) in [5.74, 6) is 1.64. The third-order valence-electron chi connectivity index (χ3n) is 4.79. The van der Waals surface area contributed by atoms with Crippen LogP contribution < -0.4 is 4.74 Å². The minimum atomic E-state index is 0.604. The number of benzene rings is 2. The van der Waals surface area contributed by atoms with Gasteiger partial charge >= 0.3 is 0 Å². The first-order valence-corrected chi connectivity index (χ1v) is 8.72. The van der Waals surface area contributed by atoms with Crippen LogP contribution in [0.15, 0.2) is 60.8 Å². The van der Waals surface area contributed by atoms with Gasteiger partial charge < -0.3 is 14.0 Å². The Kier molecular flexibility index (Phi) is 4.52. The highest BCUT2D eigenvalue weighted by molar-refractivity contribution is 5.81. The largest absolute Gasteiger partial charge is 0.489 e. The van der Waals surface area contributed by atoms with Crippen LogP contribution in [0.25, 0.3) is 10.9 Å². The summed E-state index contributed by atoms with van der Waals surface area (Å²) in [7, 11) is 0. The van der Waals surface area contributed by atoms with Crippen LogP contribution in [-0.2, 0) is 17.9 Å². The lowest BCUT2D eigenvalue weighted by atomic mass is 10.0. The molecule has 0 atom stereocenters. The topological polar surface area (TPSA) is 23.4 Å². The molecule has 3 heteroatoms. The second-order valence-electron chi connectivity index (χ2n) is 6.52. The standard InChI is InChI=1S/C21H23NO2/c1-2-4-18(5-3-1)16-24-20-7-6-19-8-11-22(21(19)14-20)15-17-9-12-23-13-10-17/h1-8,11,14,17H,9-10,12-13,15-16H2. The average molecular weight is 321 g/mol. The predicted molar refractivity (Wildman–Crippen MR) is 96.3 cm³/mol. The highest BCUT2D eigenvalue weighted by Crippen LogP contribution is 2.25. The zero-order chi connectivity index (χ0) is 16.2. The quantitative estimate of drug-likeness (QED) is 0.683. The first kappa shape index (κ1) is 15.3. The van der Waals surface area contributed by atoms with Crippen molar-refractivity contribution in [2.75, 3.05) is 13.2 Å². The Bertz CT molecular complexity index is 788. The van der Waals surface area contributed by atoms with Gasteiger partial charge in [0, 0.05) is 32.0 Å². The van der Waals surface area contributed by atoms with Gasteiger partial charge in [-0.3, -0.25) is 0 Å². The molecule has 0 amide bonds. The molecule has 0 spiro atoms. The van der Waals surface area contributed by atoms with Crippen molar-refractivity contribution in [2.45, 2.75) is 26.0 Å². The summed E-state index contributed by atoms with van der Waals surface area (Å²) in [5.41, 5.74) is 2.45. The van der Waals surface area contributed by atoms with E-state index in [9.17, 15) is 0 Å². The van der Waals surface area contributed by atoms with Crippen LogP contribution in [0.3, 0.4) is 0 Å². The van der Waals surface area contributed by atoms with E-state index in [-0.39, 0.29) is 0 Å². The van der Waals surface area contributed by atoms with Crippen LogP contribution in [0.1, 0.15) is 18.4 Å². The van der Waals surface area contributed by atoms with Gasteiger partial charge in [0.05, 0.1) is 5.52 Å². The molecule has 1 fully saturated rings. The van der Waals surface area contributed by atoms with E-state index in [1.165, 1.54) is 16.5 Å². The monoisotopic (exact) mass is 321 g/mol. The molecule has 1 saturated heterocycles. The molecule has 2 aromatic carbocycles.